The van der Waals surface area contributed by atoms with Crippen LogP contribution in [-0.2, 0) is 10.8 Å². The molecule has 0 radical (unpaired) electrons. The molecule has 4 atom stereocenters. The van der Waals surface area contributed by atoms with E-state index in [1.54, 1.807) is 0 Å². The summed E-state index contributed by atoms with van der Waals surface area (Å²) in [5, 5.41) is 3.80. The van der Waals surface area contributed by atoms with E-state index in [4.69, 9.17) is 0 Å². The van der Waals surface area contributed by atoms with Crippen LogP contribution < -0.4 is 5.32 Å². The van der Waals surface area contributed by atoms with Crippen LogP contribution in [0, 0.1) is 17.8 Å². The second-order valence-corrected chi connectivity index (χ2v) is 7.72. The van der Waals surface area contributed by atoms with E-state index in [9.17, 15) is 4.21 Å². The van der Waals surface area contributed by atoms with Crippen molar-refractivity contribution in [2.24, 2.45) is 17.8 Å². The zero-order valence-electron chi connectivity index (χ0n) is 10.6. The Morgan fingerprint density at radius 2 is 2.00 bits per heavy atom. The Balaban J connectivity index is 1.52. The van der Waals surface area contributed by atoms with Gasteiger partial charge in [-0.2, -0.15) is 0 Å². The molecule has 2 bridgehead atoms. The molecule has 96 valence electrons. The Morgan fingerprint density at radius 1 is 1.24 bits per heavy atom. The van der Waals surface area contributed by atoms with Crippen LogP contribution in [0.5, 0.6) is 0 Å². The normalized spacial score (nSPS) is 46.3. The van der Waals surface area contributed by atoms with Crippen LogP contribution in [-0.4, -0.2) is 27.8 Å². The lowest BCUT2D eigenvalue weighted by molar-refractivity contribution is 0.292. The Bertz CT molecular complexity index is 331. The number of allylic oxidation sites excluding steroid dienone is 2. The molecule has 0 aromatic carbocycles. The van der Waals surface area contributed by atoms with Crippen molar-refractivity contribution < 1.29 is 4.21 Å². The lowest BCUT2D eigenvalue weighted by Crippen LogP contribution is -2.45. The van der Waals surface area contributed by atoms with Crippen LogP contribution >= 0.6 is 0 Å². The number of hydrogen-bond donors (Lipinski definition) is 1. The van der Waals surface area contributed by atoms with Crippen molar-refractivity contribution >= 4 is 10.8 Å². The largest absolute Gasteiger partial charge is 0.311 e. The van der Waals surface area contributed by atoms with Gasteiger partial charge in [0.1, 0.15) is 0 Å². The van der Waals surface area contributed by atoms with Crippen molar-refractivity contribution in [3.63, 3.8) is 0 Å². The maximum Gasteiger partial charge on any atom is 0.0249 e. The molecular weight excluding hydrogens is 230 g/mol. The van der Waals surface area contributed by atoms with Crippen LogP contribution in [0.1, 0.15) is 32.6 Å². The molecule has 3 rings (SSSR count). The first-order valence-corrected chi connectivity index (χ1v) is 8.50. The van der Waals surface area contributed by atoms with E-state index in [2.05, 4.69) is 24.4 Å². The van der Waals surface area contributed by atoms with Gasteiger partial charge < -0.3 is 5.32 Å². The van der Waals surface area contributed by atoms with Gasteiger partial charge in [0.05, 0.1) is 0 Å². The monoisotopic (exact) mass is 253 g/mol. The second kappa shape index (κ2) is 4.85. The molecule has 2 nitrogen and oxygen atoms in total. The molecule has 1 saturated carbocycles. The van der Waals surface area contributed by atoms with E-state index in [0.29, 0.717) is 12.1 Å². The minimum atomic E-state index is -0.530. The van der Waals surface area contributed by atoms with Crippen LogP contribution in [0.2, 0.25) is 0 Å². The summed E-state index contributed by atoms with van der Waals surface area (Å²) in [5.41, 5.74) is 0. The molecule has 3 aliphatic rings. The molecule has 0 aromatic heterocycles. The molecule has 0 amide bonds. The summed E-state index contributed by atoms with van der Waals surface area (Å²) in [6, 6.07) is 1.25. The van der Waals surface area contributed by atoms with Gasteiger partial charge in [0.25, 0.3) is 0 Å². The summed E-state index contributed by atoms with van der Waals surface area (Å²) < 4.78 is 11.3. The lowest BCUT2D eigenvalue weighted by Gasteiger charge is -2.32. The third-order valence-electron chi connectivity index (χ3n) is 4.86. The minimum absolute atomic E-state index is 0.530. The first-order valence-electron chi connectivity index (χ1n) is 7.01. The number of fused-ring (bicyclic) bond motifs is 2. The SMILES string of the molecule is CC(NC1CCS(=O)CC1)C1CC2C=CC1C2. The van der Waals surface area contributed by atoms with Gasteiger partial charge in [-0.1, -0.05) is 12.2 Å². The van der Waals surface area contributed by atoms with E-state index >= 15 is 0 Å². The van der Waals surface area contributed by atoms with Crippen LogP contribution in [0.4, 0.5) is 0 Å². The molecule has 3 heteroatoms. The fourth-order valence-corrected chi connectivity index (χ4v) is 5.15. The summed E-state index contributed by atoms with van der Waals surface area (Å²) in [4.78, 5) is 0. The van der Waals surface area contributed by atoms with Gasteiger partial charge in [-0.05, 0) is 50.4 Å². The first-order chi connectivity index (χ1) is 8.22. The van der Waals surface area contributed by atoms with Gasteiger partial charge in [0.15, 0.2) is 0 Å². The van der Waals surface area contributed by atoms with Crippen molar-refractivity contribution in [1.82, 2.24) is 5.32 Å². The van der Waals surface area contributed by atoms with Gasteiger partial charge in [0, 0.05) is 34.4 Å². The van der Waals surface area contributed by atoms with Crippen molar-refractivity contribution in [2.75, 3.05) is 11.5 Å². The van der Waals surface area contributed by atoms with E-state index in [1.807, 2.05) is 0 Å². The third-order valence-corrected chi connectivity index (χ3v) is 6.24. The standard InChI is InChI=1S/C14H23NOS/c1-10(14-9-11-2-3-12(14)8-11)15-13-4-6-17(16)7-5-13/h2-3,10-15H,4-9H2,1H3. The summed E-state index contributed by atoms with van der Waals surface area (Å²) in [6.45, 7) is 2.35. The Morgan fingerprint density at radius 3 is 2.59 bits per heavy atom. The van der Waals surface area contributed by atoms with E-state index in [1.165, 1.54) is 12.8 Å². The van der Waals surface area contributed by atoms with Gasteiger partial charge in [-0.15, -0.1) is 0 Å². The quantitative estimate of drug-likeness (QED) is 0.780. The van der Waals surface area contributed by atoms with Gasteiger partial charge in [-0.25, -0.2) is 0 Å². The molecule has 1 heterocycles. The molecule has 0 aromatic rings. The smallest absolute Gasteiger partial charge is 0.0249 e. The molecule has 1 saturated heterocycles. The third kappa shape index (κ3) is 2.50. The highest BCUT2D eigenvalue weighted by Crippen LogP contribution is 2.44. The Kier molecular flexibility index (Phi) is 3.40. The average Bonchev–Trinajstić information content (AvgIpc) is 2.94. The van der Waals surface area contributed by atoms with E-state index in [0.717, 1.165) is 42.1 Å². The Hall–Kier alpha value is -0.150. The molecular formula is C14H23NOS. The summed E-state index contributed by atoms with van der Waals surface area (Å²) in [6.07, 6.45) is 9.84. The molecule has 17 heavy (non-hydrogen) atoms. The highest BCUT2D eigenvalue weighted by atomic mass is 32.2. The second-order valence-electron chi connectivity index (χ2n) is 6.02. The summed E-state index contributed by atoms with van der Waals surface area (Å²) in [5.74, 6) is 4.35. The van der Waals surface area contributed by atoms with Gasteiger partial charge in [-0.3, -0.25) is 4.21 Å². The van der Waals surface area contributed by atoms with Crippen molar-refractivity contribution in [2.45, 2.75) is 44.7 Å². The first kappa shape index (κ1) is 11.9. The van der Waals surface area contributed by atoms with Crippen LogP contribution in [0.3, 0.4) is 0 Å². The van der Waals surface area contributed by atoms with Crippen LogP contribution in [0.25, 0.3) is 0 Å². The lowest BCUT2D eigenvalue weighted by atomic mass is 9.87. The predicted octanol–water partition coefficient (Wildman–Crippen LogP) is 2.09. The fourth-order valence-electron chi connectivity index (χ4n) is 3.85. The van der Waals surface area contributed by atoms with E-state index in [-0.39, 0.29) is 0 Å². The molecule has 0 spiro atoms. The number of hydrogen-bond acceptors (Lipinski definition) is 2. The van der Waals surface area contributed by atoms with E-state index < -0.39 is 10.8 Å². The molecule has 2 aliphatic carbocycles. The average molecular weight is 253 g/mol. The molecule has 4 unspecified atom stereocenters. The van der Waals surface area contributed by atoms with Crippen LogP contribution in [0.15, 0.2) is 12.2 Å². The van der Waals surface area contributed by atoms with Gasteiger partial charge >= 0.3 is 0 Å². The van der Waals surface area contributed by atoms with Crippen molar-refractivity contribution in [3.05, 3.63) is 12.2 Å². The highest BCUT2D eigenvalue weighted by Gasteiger charge is 2.38. The minimum Gasteiger partial charge on any atom is -0.311 e. The Labute approximate surface area is 107 Å². The predicted molar refractivity (Wildman–Crippen MR) is 72.3 cm³/mol. The highest BCUT2D eigenvalue weighted by molar-refractivity contribution is 7.85. The van der Waals surface area contributed by atoms with Crippen molar-refractivity contribution in [1.29, 1.82) is 0 Å². The number of nitrogens with one attached hydrogen (secondary N) is 1. The zero-order chi connectivity index (χ0) is 11.8. The molecule has 1 aliphatic heterocycles. The van der Waals surface area contributed by atoms with Crippen molar-refractivity contribution in [3.8, 4) is 0 Å². The molecule has 1 N–H and O–H groups in total. The topological polar surface area (TPSA) is 29.1 Å². The summed E-state index contributed by atoms with van der Waals surface area (Å²) >= 11 is 0. The summed E-state index contributed by atoms with van der Waals surface area (Å²) in [7, 11) is -0.530. The maximum absolute atomic E-state index is 11.3. The number of rotatable bonds is 3. The molecule has 2 fully saturated rings. The fraction of sp³-hybridized carbons (Fsp3) is 0.857. The van der Waals surface area contributed by atoms with Gasteiger partial charge in [0.2, 0.25) is 0 Å². The zero-order valence-corrected chi connectivity index (χ0v) is 11.4. The maximum atomic E-state index is 11.3.